The van der Waals surface area contributed by atoms with Crippen LogP contribution in [-0.2, 0) is 0 Å². The largest absolute Gasteiger partial charge is 0.313 e. The van der Waals surface area contributed by atoms with E-state index in [1.54, 1.807) is 11.3 Å². The number of hydrogen-bond acceptors (Lipinski definition) is 3. The van der Waals surface area contributed by atoms with Gasteiger partial charge in [-0.2, -0.15) is 0 Å². The predicted octanol–water partition coefficient (Wildman–Crippen LogP) is 3.02. The van der Waals surface area contributed by atoms with Crippen molar-refractivity contribution in [1.82, 2.24) is 10.3 Å². The number of thiazole rings is 1. The molecule has 1 fully saturated rings. The van der Waals surface area contributed by atoms with Gasteiger partial charge >= 0.3 is 0 Å². The van der Waals surface area contributed by atoms with Crippen LogP contribution in [0.15, 0.2) is 10.9 Å². The van der Waals surface area contributed by atoms with Gasteiger partial charge in [-0.25, -0.2) is 4.98 Å². The van der Waals surface area contributed by atoms with Crippen molar-refractivity contribution in [2.45, 2.75) is 45.1 Å². The molecule has 3 heteroatoms. The maximum atomic E-state index is 4.45. The van der Waals surface area contributed by atoms with Gasteiger partial charge in [0.1, 0.15) is 0 Å². The van der Waals surface area contributed by atoms with E-state index in [0.29, 0.717) is 12.0 Å². The van der Waals surface area contributed by atoms with Crippen LogP contribution in [0.4, 0.5) is 0 Å². The van der Waals surface area contributed by atoms with Crippen LogP contribution < -0.4 is 5.32 Å². The zero-order valence-electron chi connectivity index (χ0n) is 9.57. The van der Waals surface area contributed by atoms with Gasteiger partial charge in [0.2, 0.25) is 0 Å². The molecule has 15 heavy (non-hydrogen) atoms. The molecule has 0 aromatic carbocycles. The Morgan fingerprint density at radius 2 is 2.47 bits per heavy atom. The molecule has 0 radical (unpaired) electrons. The molecule has 0 aliphatic carbocycles. The van der Waals surface area contributed by atoms with Crippen LogP contribution in [0.2, 0.25) is 0 Å². The van der Waals surface area contributed by atoms with Crippen molar-refractivity contribution in [3.8, 4) is 0 Å². The van der Waals surface area contributed by atoms with Crippen molar-refractivity contribution in [1.29, 1.82) is 0 Å². The molecule has 1 aromatic rings. The Balaban J connectivity index is 1.93. The highest BCUT2D eigenvalue weighted by Gasteiger charge is 2.28. The van der Waals surface area contributed by atoms with Gasteiger partial charge < -0.3 is 5.32 Å². The predicted molar refractivity (Wildman–Crippen MR) is 65.3 cm³/mol. The number of rotatable bonds is 4. The first-order valence-electron chi connectivity index (χ1n) is 5.89. The van der Waals surface area contributed by atoms with E-state index in [9.17, 15) is 0 Å². The Morgan fingerprint density at radius 1 is 1.60 bits per heavy atom. The smallest absolute Gasteiger partial charge is 0.0794 e. The molecule has 2 atom stereocenters. The second kappa shape index (κ2) is 5.08. The third-order valence-electron chi connectivity index (χ3n) is 3.23. The molecule has 0 bridgehead atoms. The van der Waals surface area contributed by atoms with Gasteiger partial charge in [0.05, 0.1) is 11.2 Å². The van der Waals surface area contributed by atoms with Crippen LogP contribution >= 0.6 is 11.3 Å². The lowest BCUT2D eigenvalue weighted by Gasteiger charge is -2.18. The van der Waals surface area contributed by atoms with E-state index in [-0.39, 0.29) is 0 Å². The van der Waals surface area contributed by atoms with Gasteiger partial charge in [-0.3, -0.25) is 0 Å². The van der Waals surface area contributed by atoms with Gasteiger partial charge in [0.25, 0.3) is 0 Å². The van der Waals surface area contributed by atoms with E-state index in [0.717, 1.165) is 12.5 Å². The molecule has 2 heterocycles. The fourth-order valence-corrected chi connectivity index (χ4v) is 2.96. The molecule has 1 N–H and O–H groups in total. The van der Waals surface area contributed by atoms with Crippen LogP contribution in [0.5, 0.6) is 0 Å². The highest BCUT2D eigenvalue weighted by molar-refractivity contribution is 7.07. The standard InChI is InChI=1S/C12H20N2S/c1-9(2)3-4-11-10(5-6-13-11)12-7-15-8-14-12/h7-11,13H,3-6H2,1-2H3/t10-,11?/m1/s1. The fourth-order valence-electron chi connectivity index (χ4n) is 2.34. The Hall–Kier alpha value is -0.410. The Morgan fingerprint density at radius 3 is 3.13 bits per heavy atom. The summed E-state index contributed by atoms with van der Waals surface area (Å²) in [4.78, 5) is 4.45. The first-order chi connectivity index (χ1) is 7.27. The molecule has 2 rings (SSSR count). The molecule has 0 spiro atoms. The van der Waals surface area contributed by atoms with Crippen LogP contribution in [0, 0.1) is 5.92 Å². The molecule has 1 unspecified atom stereocenters. The highest BCUT2D eigenvalue weighted by atomic mass is 32.1. The molecular formula is C12H20N2S. The molecule has 84 valence electrons. The van der Waals surface area contributed by atoms with Crippen molar-refractivity contribution >= 4 is 11.3 Å². The van der Waals surface area contributed by atoms with Gasteiger partial charge in [-0.1, -0.05) is 13.8 Å². The summed E-state index contributed by atoms with van der Waals surface area (Å²) in [5.41, 5.74) is 3.26. The van der Waals surface area contributed by atoms with E-state index in [1.165, 1.54) is 25.0 Å². The summed E-state index contributed by atoms with van der Waals surface area (Å²) in [6.07, 6.45) is 3.87. The highest BCUT2D eigenvalue weighted by Crippen LogP contribution is 2.30. The second-order valence-corrected chi connectivity index (χ2v) is 5.56. The van der Waals surface area contributed by atoms with Crippen molar-refractivity contribution < 1.29 is 0 Å². The maximum absolute atomic E-state index is 4.45. The van der Waals surface area contributed by atoms with E-state index in [2.05, 4.69) is 29.5 Å². The number of aromatic nitrogens is 1. The number of hydrogen-bond donors (Lipinski definition) is 1. The van der Waals surface area contributed by atoms with E-state index in [4.69, 9.17) is 0 Å². The average molecular weight is 224 g/mol. The van der Waals surface area contributed by atoms with E-state index in [1.807, 2.05) is 5.51 Å². The summed E-state index contributed by atoms with van der Waals surface area (Å²) < 4.78 is 0. The minimum Gasteiger partial charge on any atom is -0.313 e. The van der Waals surface area contributed by atoms with Gasteiger partial charge in [-0.15, -0.1) is 11.3 Å². The minimum atomic E-state index is 0.662. The lowest BCUT2D eigenvalue weighted by molar-refractivity contribution is 0.441. The summed E-state index contributed by atoms with van der Waals surface area (Å²) in [6, 6.07) is 0.662. The molecule has 1 saturated heterocycles. The molecule has 1 aliphatic rings. The SMILES string of the molecule is CC(C)CCC1NCC[C@H]1c1cscn1. The zero-order chi connectivity index (χ0) is 10.7. The van der Waals surface area contributed by atoms with Crippen molar-refractivity contribution in [2.24, 2.45) is 5.92 Å². The summed E-state index contributed by atoms with van der Waals surface area (Å²) in [7, 11) is 0. The summed E-state index contributed by atoms with van der Waals surface area (Å²) in [5, 5.41) is 5.82. The first-order valence-corrected chi connectivity index (χ1v) is 6.83. The molecule has 2 nitrogen and oxygen atoms in total. The van der Waals surface area contributed by atoms with Crippen LogP contribution in [0.3, 0.4) is 0 Å². The van der Waals surface area contributed by atoms with E-state index < -0.39 is 0 Å². The molecule has 0 amide bonds. The molecular weight excluding hydrogens is 204 g/mol. The topological polar surface area (TPSA) is 24.9 Å². The van der Waals surface area contributed by atoms with Gasteiger partial charge in [-0.05, 0) is 31.7 Å². The molecule has 1 aliphatic heterocycles. The van der Waals surface area contributed by atoms with Gasteiger partial charge in [0, 0.05) is 17.3 Å². The summed E-state index contributed by atoms with van der Waals surface area (Å²) in [6.45, 7) is 5.75. The molecule has 1 aromatic heterocycles. The Bertz CT molecular complexity index is 282. The first kappa shape index (κ1) is 11.1. The lowest BCUT2D eigenvalue weighted by atomic mass is 9.92. The van der Waals surface area contributed by atoms with Crippen LogP contribution in [0.1, 0.15) is 44.7 Å². The third-order valence-corrected chi connectivity index (χ3v) is 3.84. The normalized spacial score (nSPS) is 26.3. The monoisotopic (exact) mass is 224 g/mol. The maximum Gasteiger partial charge on any atom is 0.0794 e. The Labute approximate surface area is 96.1 Å². The van der Waals surface area contributed by atoms with Crippen molar-refractivity contribution in [3.05, 3.63) is 16.6 Å². The van der Waals surface area contributed by atoms with Gasteiger partial charge in [0.15, 0.2) is 0 Å². The summed E-state index contributed by atoms with van der Waals surface area (Å²) in [5.74, 6) is 1.47. The van der Waals surface area contributed by atoms with Crippen molar-refractivity contribution in [3.63, 3.8) is 0 Å². The number of nitrogens with zero attached hydrogens (tertiary/aromatic N) is 1. The fraction of sp³-hybridized carbons (Fsp3) is 0.750. The average Bonchev–Trinajstić information content (AvgIpc) is 2.85. The summed E-state index contributed by atoms with van der Waals surface area (Å²) >= 11 is 1.71. The molecule has 0 saturated carbocycles. The minimum absolute atomic E-state index is 0.662. The quantitative estimate of drug-likeness (QED) is 0.850. The third kappa shape index (κ3) is 2.79. The Kier molecular flexibility index (Phi) is 3.76. The number of nitrogens with one attached hydrogen (secondary N) is 1. The van der Waals surface area contributed by atoms with Crippen LogP contribution in [0.25, 0.3) is 0 Å². The van der Waals surface area contributed by atoms with Crippen LogP contribution in [-0.4, -0.2) is 17.6 Å². The van der Waals surface area contributed by atoms with E-state index >= 15 is 0 Å². The second-order valence-electron chi connectivity index (χ2n) is 4.84. The lowest BCUT2D eigenvalue weighted by Crippen LogP contribution is -2.26. The zero-order valence-corrected chi connectivity index (χ0v) is 10.4. The van der Waals surface area contributed by atoms with Crippen molar-refractivity contribution in [2.75, 3.05) is 6.54 Å².